The highest BCUT2D eigenvalue weighted by Gasteiger charge is 2.59. The predicted octanol–water partition coefficient (Wildman–Crippen LogP) is 6.38. The zero-order chi connectivity index (χ0) is 33.0. The van der Waals surface area contributed by atoms with Crippen LogP contribution in [0.3, 0.4) is 0 Å². The molecule has 0 N–H and O–H groups in total. The smallest absolute Gasteiger partial charge is 0.180 e. The number of pyridine rings is 2. The van der Waals surface area contributed by atoms with Crippen LogP contribution in [0.2, 0.25) is 0 Å². The molecule has 8 heteroatoms. The van der Waals surface area contributed by atoms with Crippen LogP contribution in [-0.2, 0) is 9.59 Å². The molecule has 0 radical (unpaired) electrons. The van der Waals surface area contributed by atoms with E-state index in [9.17, 15) is 9.59 Å². The van der Waals surface area contributed by atoms with Gasteiger partial charge in [0, 0.05) is 56.0 Å². The van der Waals surface area contributed by atoms with Crippen molar-refractivity contribution in [2.75, 3.05) is 37.6 Å². The van der Waals surface area contributed by atoms with Crippen LogP contribution in [0.5, 0.6) is 0 Å². The maximum absolute atomic E-state index is 14.3. The molecular formula is C40H44N6O2. The van der Waals surface area contributed by atoms with E-state index in [-0.39, 0.29) is 22.5 Å². The molecule has 5 aliphatic rings. The number of Topliss-reactive ketones (excluding diaryl/α,β-unsaturated/α-hetero) is 1. The zero-order valence-corrected chi connectivity index (χ0v) is 28.2. The summed E-state index contributed by atoms with van der Waals surface area (Å²) in [7, 11) is 0. The third-order valence-electron chi connectivity index (χ3n) is 12.2. The summed E-state index contributed by atoms with van der Waals surface area (Å²) in [5, 5.41) is 0. The van der Waals surface area contributed by atoms with E-state index in [0.717, 1.165) is 74.8 Å². The Morgan fingerprint density at radius 3 is 2.44 bits per heavy atom. The fourth-order valence-corrected chi connectivity index (χ4v) is 9.88. The summed E-state index contributed by atoms with van der Waals surface area (Å²) < 4.78 is 0. The van der Waals surface area contributed by atoms with Gasteiger partial charge in [-0.3, -0.25) is 24.5 Å². The fraction of sp³-hybridized carbons (Fsp3) is 0.450. The van der Waals surface area contributed by atoms with Crippen molar-refractivity contribution in [2.45, 2.75) is 46.5 Å². The molecule has 3 aromatic rings. The normalized spacial score (nSPS) is 31.4. The van der Waals surface area contributed by atoms with Crippen LogP contribution in [-0.4, -0.2) is 69.1 Å². The summed E-state index contributed by atoms with van der Waals surface area (Å²) in [6, 6.07) is 13.6. The predicted molar refractivity (Wildman–Crippen MR) is 187 cm³/mol. The Bertz CT molecular complexity index is 1770. The highest BCUT2D eigenvalue weighted by molar-refractivity contribution is 6.01. The molecule has 0 aromatic carbocycles. The van der Waals surface area contributed by atoms with Crippen LogP contribution >= 0.6 is 0 Å². The van der Waals surface area contributed by atoms with Gasteiger partial charge in [0.25, 0.3) is 0 Å². The number of hydrogen-bond donors (Lipinski definition) is 0. The summed E-state index contributed by atoms with van der Waals surface area (Å²) in [6.45, 7) is 10.7. The number of ketones is 2. The molecule has 0 spiro atoms. The Morgan fingerprint density at radius 1 is 0.958 bits per heavy atom. The van der Waals surface area contributed by atoms with E-state index >= 15 is 0 Å². The van der Waals surface area contributed by atoms with Gasteiger partial charge in [0.1, 0.15) is 11.5 Å². The molecular weight excluding hydrogens is 596 g/mol. The summed E-state index contributed by atoms with van der Waals surface area (Å²) in [6.07, 6.45) is 15.9. The second-order valence-electron chi connectivity index (χ2n) is 15.0. The van der Waals surface area contributed by atoms with E-state index in [2.05, 4.69) is 52.7 Å². The number of nitrogens with zero attached hydrogens (tertiary/aromatic N) is 6. The van der Waals surface area contributed by atoms with E-state index in [1.54, 1.807) is 18.5 Å². The number of hydrogen-bond acceptors (Lipinski definition) is 8. The second-order valence-corrected chi connectivity index (χ2v) is 15.0. The van der Waals surface area contributed by atoms with Gasteiger partial charge in [-0.15, -0.1) is 0 Å². The van der Waals surface area contributed by atoms with Crippen LogP contribution in [0, 0.1) is 34.5 Å². The van der Waals surface area contributed by atoms with Crippen LogP contribution < -0.4 is 4.90 Å². The molecule has 4 aliphatic carbocycles. The molecule has 246 valence electrons. The summed E-state index contributed by atoms with van der Waals surface area (Å²) in [5.74, 6) is 3.37. The molecule has 1 aliphatic heterocycles. The second kappa shape index (κ2) is 12.0. The van der Waals surface area contributed by atoms with Gasteiger partial charge in [0.2, 0.25) is 0 Å². The zero-order valence-electron chi connectivity index (χ0n) is 28.2. The molecule has 0 bridgehead atoms. The average Bonchev–Trinajstić information content (AvgIpc) is 3.39. The molecule has 3 fully saturated rings. The minimum Gasteiger partial charge on any atom is -0.354 e. The topological polar surface area (TPSA) is 92.2 Å². The lowest BCUT2D eigenvalue weighted by Crippen LogP contribution is -2.50. The fourth-order valence-electron chi connectivity index (χ4n) is 9.88. The highest BCUT2D eigenvalue weighted by Crippen LogP contribution is 2.65. The molecule has 0 unspecified atom stereocenters. The number of allylic oxidation sites excluding steroid dienone is 6. The number of carbonyl (C=O) groups excluding carboxylic acids is 2. The van der Waals surface area contributed by atoms with Gasteiger partial charge in [-0.1, -0.05) is 49.3 Å². The van der Waals surface area contributed by atoms with Crippen LogP contribution in [0.4, 0.5) is 5.82 Å². The van der Waals surface area contributed by atoms with Crippen molar-refractivity contribution in [3.05, 3.63) is 90.3 Å². The van der Waals surface area contributed by atoms with Crippen molar-refractivity contribution in [1.29, 1.82) is 0 Å². The maximum Gasteiger partial charge on any atom is 0.180 e. The first-order chi connectivity index (χ1) is 23.2. The van der Waals surface area contributed by atoms with Gasteiger partial charge < -0.3 is 4.90 Å². The van der Waals surface area contributed by atoms with Crippen molar-refractivity contribution in [3.8, 4) is 22.9 Å². The third-order valence-corrected chi connectivity index (χ3v) is 12.2. The largest absolute Gasteiger partial charge is 0.354 e. The number of anilines is 1. The quantitative estimate of drug-likeness (QED) is 0.287. The first-order valence-electron chi connectivity index (χ1n) is 17.6. The Hall–Kier alpha value is -4.30. The van der Waals surface area contributed by atoms with Gasteiger partial charge in [0.15, 0.2) is 17.4 Å². The third kappa shape index (κ3) is 5.25. The molecule has 1 saturated heterocycles. The number of fused-ring (bicyclic) bond motifs is 5. The number of piperazine rings is 1. The number of carbonyl (C=O) groups is 2. The molecule has 48 heavy (non-hydrogen) atoms. The van der Waals surface area contributed by atoms with Crippen LogP contribution in [0.25, 0.3) is 22.9 Å². The van der Waals surface area contributed by atoms with Gasteiger partial charge in [-0.25, -0.2) is 9.97 Å². The van der Waals surface area contributed by atoms with Gasteiger partial charge in [-0.2, -0.15) is 0 Å². The van der Waals surface area contributed by atoms with E-state index in [0.29, 0.717) is 35.9 Å². The van der Waals surface area contributed by atoms with E-state index in [1.165, 1.54) is 11.1 Å². The first kappa shape index (κ1) is 31.0. The molecule has 6 atom stereocenters. The Kier molecular flexibility index (Phi) is 7.74. The minimum absolute atomic E-state index is 0.0248. The highest BCUT2D eigenvalue weighted by atomic mass is 16.1. The molecule has 3 aromatic heterocycles. The average molecular weight is 641 g/mol. The Labute approximate surface area is 283 Å². The monoisotopic (exact) mass is 640 g/mol. The van der Waals surface area contributed by atoms with Crippen molar-refractivity contribution in [2.24, 2.45) is 34.5 Å². The maximum atomic E-state index is 14.3. The molecule has 2 saturated carbocycles. The molecule has 8 nitrogen and oxygen atoms in total. The van der Waals surface area contributed by atoms with Crippen molar-refractivity contribution in [3.63, 3.8) is 0 Å². The SMILES string of the molecule is C[C@@H]1C[C@H]2[C@@H]3CCC4=CC(=O)C=C[C@]4(C)C3=CC[C@]2(C)[C@H]1C(=O)CN1CCN(c2cc(-c3ccccn3)nc(-c3ccccn3)n2)CC1. The molecule has 8 rings (SSSR count). The van der Waals surface area contributed by atoms with Crippen molar-refractivity contribution in [1.82, 2.24) is 24.8 Å². The van der Waals surface area contributed by atoms with Gasteiger partial charge >= 0.3 is 0 Å². The molecule has 0 amide bonds. The van der Waals surface area contributed by atoms with Crippen LogP contribution in [0.1, 0.15) is 46.5 Å². The first-order valence-corrected chi connectivity index (χ1v) is 17.6. The number of rotatable bonds is 6. The lowest BCUT2D eigenvalue weighted by molar-refractivity contribution is -0.129. The summed E-state index contributed by atoms with van der Waals surface area (Å²) in [4.78, 5) is 49.9. The summed E-state index contributed by atoms with van der Waals surface area (Å²) >= 11 is 0. The van der Waals surface area contributed by atoms with Gasteiger partial charge in [0.05, 0.1) is 17.9 Å². The van der Waals surface area contributed by atoms with Crippen LogP contribution in [0.15, 0.2) is 90.3 Å². The van der Waals surface area contributed by atoms with E-state index < -0.39 is 0 Å². The Morgan fingerprint density at radius 2 is 1.71 bits per heavy atom. The van der Waals surface area contributed by atoms with Crippen molar-refractivity contribution < 1.29 is 9.59 Å². The lowest BCUT2D eigenvalue weighted by Gasteiger charge is -2.52. The lowest BCUT2D eigenvalue weighted by atomic mass is 9.52. The summed E-state index contributed by atoms with van der Waals surface area (Å²) in [5.41, 5.74) is 4.88. The number of aromatic nitrogens is 4. The van der Waals surface area contributed by atoms with E-state index in [1.807, 2.05) is 48.5 Å². The van der Waals surface area contributed by atoms with Crippen molar-refractivity contribution >= 4 is 17.4 Å². The van der Waals surface area contributed by atoms with Gasteiger partial charge in [-0.05, 0) is 92.2 Å². The minimum atomic E-state index is -0.149. The standard InChI is InChI=1S/C40H44N6O2/c1-26-22-31-29-11-10-27-23-28(47)12-14-39(27,2)30(29)13-15-40(31,3)37(26)35(48)25-45-18-20-46(21-19-45)36-24-34(32-8-4-6-16-41-32)43-38(44-36)33-9-5-7-17-42-33/h4-9,12-14,16-17,23-24,26,29,31,37H,10-11,15,18-22,25H2,1-3H3/t26-,29-,31+,37-,39+,40+/m1/s1. The Balaban J connectivity index is 0.971. The molecule has 4 heterocycles. The van der Waals surface area contributed by atoms with E-state index in [4.69, 9.17) is 9.97 Å².